The first-order valence-electron chi connectivity index (χ1n) is 7.23. The van der Waals surface area contributed by atoms with Crippen molar-refractivity contribution in [1.29, 1.82) is 0 Å². The average Bonchev–Trinajstić information content (AvgIpc) is 2.42. The quantitative estimate of drug-likeness (QED) is 0.845. The molecule has 0 unspecified atom stereocenters. The maximum atomic E-state index is 12.3. The number of ketones is 1. The molecule has 0 heterocycles. The molecule has 1 fully saturated rings. The van der Waals surface area contributed by atoms with Crippen LogP contribution in [0.4, 0.5) is 0 Å². The Balaban J connectivity index is 2.44. The summed E-state index contributed by atoms with van der Waals surface area (Å²) in [6, 6.07) is 9.51. The van der Waals surface area contributed by atoms with Gasteiger partial charge in [-0.2, -0.15) is 0 Å². The number of hydrogen-bond acceptors (Lipinski definition) is 3. The van der Waals surface area contributed by atoms with Crippen LogP contribution in [0.2, 0.25) is 0 Å². The summed E-state index contributed by atoms with van der Waals surface area (Å²) in [6.45, 7) is 3.34. The van der Waals surface area contributed by atoms with E-state index in [0.29, 0.717) is 6.42 Å². The number of rotatable bonds is 4. The van der Waals surface area contributed by atoms with E-state index in [1.807, 2.05) is 30.3 Å². The van der Waals surface area contributed by atoms with Gasteiger partial charge in [0.2, 0.25) is 0 Å². The second-order valence-corrected chi connectivity index (χ2v) is 6.22. The van der Waals surface area contributed by atoms with Gasteiger partial charge >= 0.3 is 0 Å². The second-order valence-electron chi connectivity index (χ2n) is 6.22. The fraction of sp³-hybridized carbons (Fsp3) is 0.529. The smallest absolute Gasteiger partial charge is 0.136 e. The minimum Gasteiger partial charge on any atom is -0.550 e. The van der Waals surface area contributed by atoms with Crippen LogP contribution in [0, 0.1) is 11.3 Å². The number of Topliss-reactive ketones (excluding diaryl/α,β-unsaturated/α-hetero) is 1. The van der Waals surface area contributed by atoms with Gasteiger partial charge in [-0.05, 0) is 18.4 Å². The molecule has 0 bridgehead atoms. The molecule has 20 heavy (non-hydrogen) atoms. The largest absolute Gasteiger partial charge is 0.550 e. The zero-order valence-corrected chi connectivity index (χ0v) is 12.1. The van der Waals surface area contributed by atoms with Gasteiger partial charge in [0, 0.05) is 29.6 Å². The topological polar surface area (TPSA) is 57.2 Å². The van der Waals surface area contributed by atoms with Crippen LogP contribution in [0.3, 0.4) is 0 Å². The normalized spacial score (nSPS) is 21.5. The predicted molar refractivity (Wildman–Crippen MR) is 74.9 cm³/mol. The Morgan fingerprint density at radius 2 is 1.90 bits per heavy atom. The maximum absolute atomic E-state index is 12.3. The van der Waals surface area contributed by atoms with Crippen molar-refractivity contribution >= 4 is 11.8 Å². The SMILES string of the molecule is CC(C)(C(=O)[O-])[C@H](c1ccccc1)[C@@H]1CCCCC1=O. The van der Waals surface area contributed by atoms with Crippen molar-refractivity contribution in [3.8, 4) is 0 Å². The Kier molecular flexibility index (Phi) is 4.26. The molecule has 0 N–H and O–H groups in total. The summed E-state index contributed by atoms with van der Waals surface area (Å²) in [5.41, 5.74) is -0.138. The predicted octanol–water partition coefficient (Wildman–Crippen LogP) is 2.31. The minimum atomic E-state index is -1.09. The molecule has 0 saturated heterocycles. The van der Waals surface area contributed by atoms with E-state index in [2.05, 4.69) is 0 Å². The molecule has 1 aliphatic carbocycles. The van der Waals surface area contributed by atoms with Crippen LogP contribution < -0.4 is 5.11 Å². The van der Waals surface area contributed by atoms with Crippen molar-refractivity contribution in [2.45, 2.75) is 45.4 Å². The Hall–Kier alpha value is -1.64. The maximum Gasteiger partial charge on any atom is 0.136 e. The number of aliphatic carboxylic acids is 1. The van der Waals surface area contributed by atoms with Crippen LogP contribution in [0.15, 0.2) is 30.3 Å². The Morgan fingerprint density at radius 1 is 1.25 bits per heavy atom. The van der Waals surface area contributed by atoms with Gasteiger partial charge in [0.25, 0.3) is 0 Å². The van der Waals surface area contributed by atoms with Crippen LogP contribution in [-0.2, 0) is 9.59 Å². The monoisotopic (exact) mass is 273 g/mol. The van der Waals surface area contributed by atoms with E-state index in [0.717, 1.165) is 24.8 Å². The number of carboxylic acids is 1. The highest BCUT2D eigenvalue weighted by molar-refractivity contribution is 5.84. The summed E-state index contributed by atoms with van der Waals surface area (Å²) in [5, 5.41) is 11.6. The van der Waals surface area contributed by atoms with Gasteiger partial charge in [0.1, 0.15) is 5.78 Å². The zero-order chi connectivity index (χ0) is 14.8. The van der Waals surface area contributed by atoms with E-state index in [-0.39, 0.29) is 17.6 Å². The molecule has 3 nitrogen and oxygen atoms in total. The van der Waals surface area contributed by atoms with E-state index >= 15 is 0 Å². The van der Waals surface area contributed by atoms with Gasteiger partial charge in [0.15, 0.2) is 0 Å². The highest BCUT2D eigenvalue weighted by atomic mass is 16.4. The molecule has 0 aliphatic heterocycles. The molecule has 2 atom stereocenters. The van der Waals surface area contributed by atoms with Crippen LogP contribution in [0.25, 0.3) is 0 Å². The number of carbonyl (C=O) groups is 2. The second kappa shape index (κ2) is 5.78. The lowest BCUT2D eigenvalue weighted by Crippen LogP contribution is -2.46. The molecule has 1 aromatic rings. The highest BCUT2D eigenvalue weighted by Gasteiger charge is 2.41. The molecule has 108 valence electrons. The standard InChI is InChI=1S/C17H22O3/c1-17(2,16(19)20)15(12-8-4-3-5-9-12)13-10-6-7-11-14(13)18/h3-5,8-9,13,15H,6-7,10-11H2,1-2H3,(H,19,20)/p-1/t13-,15-/m1/s1. The zero-order valence-electron chi connectivity index (χ0n) is 12.1. The lowest BCUT2D eigenvalue weighted by atomic mass is 9.64. The van der Waals surface area contributed by atoms with Gasteiger partial charge < -0.3 is 9.90 Å². The highest BCUT2D eigenvalue weighted by Crippen LogP contribution is 2.45. The molecule has 2 rings (SSSR count). The van der Waals surface area contributed by atoms with Crippen molar-refractivity contribution in [3.63, 3.8) is 0 Å². The van der Waals surface area contributed by atoms with Gasteiger partial charge in [0.05, 0.1) is 0 Å². The summed E-state index contributed by atoms with van der Waals surface area (Å²) in [5.74, 6) is -1.43. The Morgan fingerprint density at radius 3 is 2.45 bits per heavy atom. The molecule has 0 amide bonds. The molecular formula is C17H21O3-. The fourth-order valence-corrected chi connectivity index (χ4v) is 3.30. The molecule has 0 aromatic heterocycles. The third kappa shape index (κ3) is 2.77. The Bertz CT molecular complexity index is 490. The average molecular weight is 273 g/mol. The van der Waals surface area contributed by atoms with Gasteiger partial charge in [-0.25, -0.2) is 0 Å². The van der Waals surface area contributed by atoms with Crippen molar-refractivity contribution in [1.82, 2.24) is 0 Å². The van der Waals surface area contributed by atoms with Crippen LogP contribution in [-0.4, -0.2) is 11.8 Å². The molecule has 0 radical (unpaired) electrons. The summed E-state index contributed by atoms with van der Waals surface area (Å²) < 4.78 is 0. The number of carbonyl (C=O) groups excluding carboxylic acids is 2. The van der Waals surface area contributed by atoms with E-state index in [1.54, 1.807) is 13.8 Å². The van der Waals surface area contributed by atoms with Gasteiger partial charge in [-0.3, -0.25) is 4.79 Å². The lowest BCUT2D eigenvalue weighted by Gasteiger charge is -2.41. The van der Waals surface area contributed by atoms with Crippen molar-refractivity contribution in [2.24, 2.45) is 11.3 Å². The molecular weight excluding hydrogens is 252 g/mol. The molecule has 1 saturated carbocycles. The summed E-state index contributed by atoms with van der Waals surface area (Å²) in [7, 11) is 0. The third-order valence-corrected chi connectivity index (χ3v) is 4.47. The Labute approximate surface area is 120 Å². The summed E-state index contributed by atoms with van der Waals surface area (Å²) >= 11 is 0. The van der Waals surface area contributed by atoms with E-state index in [4.69, 9.17) is 0 Å². The molecule has 1 aromatic carbocycles. The molecule has 3 heteroatoms. The van der Waals surface area contributed by atoms with Crippen LogP contribution in [0.1, 0.15) is 51.0 Å². The van der Waals surface area contributed by atoms with Crippen molar-refractivity contribution < 1.29 is 14.7 Å². The number of benzene rings is 1. The first-order valence-corrected chi connectivity index (χ1v) is 7.23. The van der Waals surface area contributed by atoms with Gasteiger partial charge in [-0.1, -0.05) is 50.6 Å². The minimum absolute atomic E-state index is 0.194. The first kappa shape index (κ1) is 14.8. The third-order valence-electron chi connectivity index (χ3n) is 4.47. The number of hydrogen-bond donors (Lipinski definition) is 0. The summed E-state index contributed by atoms with van der Waals surface area (Å²) in [6.07, 6.45) is 3.25. The molecule has 1 aliphatic rings. The van der Waals surface area contributed by atoms with Gasteiger partial charge in [-0.15, -0.1) is 0 Å². The van der Waals surface area contributed by atoms with Crippen LogP contribution in [0.5, 0.6) is 0 Å². The number of carboxylic acid groups (broad SMARTS) is 1. The van der Waals surface area contributed by atoms with Crippen molar-refractivity contribution in [3.05, 3.63) is 35.9 Å². The lowest BCUT2D eigenvalue weighted by molar-refractivity contribution is -0.319. The van der Waals surface area contributed by atoms with E-state index < -0.39 is 11.4 Å². The van der Waals surface area contributed by atoms with Crippen molar-refractivity contribution in [2.75, 3.05) is 0 Å². The van der Waals surface area contributed by atoms with Crippen LogP contribution >= 0.6 is 0 Å². The summed E-state index contributed by atoms with van der Waals surface area (Å²) in [4.78, 5) is 23.8. The first-order chi connectivity index (χ1) is 9.44. The molecule has 0 spiro atoms. The van der Waals surface area contributed by atoms with E-state index in [1.165, 1.54) is 0 Å². The fourth-order valence-electron chi connectivity index (χ4n) is 3.30. The van der Waals surface area contributed by atoms with E-state index in [9.17, 15) is 14.7 Å².